The second kappa shape index (κ2) is 14.6. The molecule has 0 spiro atoms. The van der Waals surface area contributed by atoms with Crippen LogP contribution in [0, 0.1) is 0 Å². The minimum atomic E-state index is -1.15. The van der Waals surface area contributed by atoms with E-state index in [-0.39, 0.29) is 30.6 Å². The van der Waals surface area contributed by atoms with Crippen molar-refractivity contribution in [1.29, 1.82) is 0 Å². The molecule has 2 aromatic carbocycles. The van der Waals surface area contributed by atoms with Gasteiger partial charge in [-0.3, -0.25) is 14.6 Å². The summed E-state index contributed by atoms with van der Waals surface area (Å²) in [6, 6.07) is 16.2. The number of carbonyl (C=O) groups is 3. The third-order valence-electron chi connectivity index (χ3n) is 7.00. The third-order valence-corrected chi connectivity index (χ3v) is 7.00. The molecule has 1 aliphatic heterocycles. The van der Waals surface area contributed by atoms with Crippen molar-refractivity contribution in [2.24, 2.45) is 0 Å². The second-order valence-electron chi connectivity index (χ2n) is 13.0. The van der Waals surface area contributed by atoms with Gasteiger partial charge in [-0.1, -0.05) is 42.5 Å². The predicted molar refractivity (Wildman–Crippen MR) is 166 cm³/mol. The number of rotatable bonds is 10. The number of ether oxygens (including phenoxy) is 2. The number of amides is 3. The van der Waals surface area contributed by atoms with E-state index >= 15 is 0 Å². The Morgan fingerprint density at radius 1 is 0.860 bits per heavy atom. The molecule has 2 aromatic rings. The smallest absolute Gasteiger partial charge is 0.410 e. The fraction of sp³-hybridized carbons (Fsp3) is 0.545. The van der Waals surface area contributed by atoms with Crippen LogP contribution in [0.2, 0.25) is 0 Å². The maximum atomic E-state index is 13.9. The minimum Gasteiger partial charge on any atom is -0.488 e. The van der Waals surface area contributed by atoms with Crippen molar-refractivity contribution in [3.05, 3.63) is 65.7 Å². The summed E-state index contributed by atoms with van der Waals surface area (Å²) < 4.78 is 11.4. The molecule has 10 nitrogen and oxygen atoms in total. The van der Waals surface area contributed by atoms with Crippen LogP contribution in [0.1, 0.15) is 52.7 Å². The molecular weight excluding hydrogens is 548 g/mol. The van der Waals surface area contributed by atoms with E-state index in [1.165, 1.54) is 4.90 Å². The topological polar surface area (TPSA) is 103 Å². The number of benzene rings is 2. The van der Waals surface area contributed by atoms with Gasteiger partial charge in [-0.25, -0.2) is 9.59 Å². The molecule has 1 heterocycles. The zero-order valence-electron chi connectivity index (χ0n) is 26.7. The molecule has 0 aromatic heterocycles. The van der Waals surface area contributed by atoms with Gasteiger partial charge in [0.25, 0.3) is 0 Å². The maximum Gasteiger partial charge on any atom is 0.410 e. The average molecular weight is 597 g/mol. The van der Waals surface area contributed by atoms with Gasteiger partial charge < -0.3 is 24.4 Å². The van der Waals surface area contributed by atoms with Crippen LogP contribution in [0.25, 0.3) is 0 Å². The number of carboxylic acid groups (broad SMARTS) is 1. The Morgan fingerprint density at radius 2 is 1.47 bits per heavy atom. The van der Waals surface area contributed by atoms with E-state index in [2.05, 4.69) is 4.90 Å². The van der Waals surface area contributed by atoms with Gasteiger partial charge in [0, 0.05) is 59.3 Å². The molecule has 1 atom stereocenters. The standard InChI is InChI=1S/C33H48N4O6/c1-32(2,3)42-27-15-13-25(14-16-27)23-28(29(38)34(7)24-26-11-9-8-10-12-26)37(30(39)40)22-19-35-17-20-36(21-18-35)31(41)43-33(4,5)6/h8-16,28H,17-24H2,1-7H3,(H,39,40). The molecule has 0 bridgehead atoms. The van der Waals surface area contributed by atoms with Gasteiger partial charge in [-0.05, 0) is 64.8 Å². The van der Waals surface area contributed by atoms with Crippen molar-refractivity contribution in [2.75, 3.05) is 46.3 Å². The highest BCUT2D eigenvalue weighted by atomic mass is 16.6. The van der Waals surface area contributed by atoms with Crippen LogP contribution >= 0.6 is 0 Å². The highest BCUT2D eigenvalue weighted by Gasteiger charge is 2.33. The van der Waals surface area contributed by atoms with Crippen molar-refractivity contribution >= 4 is 18.1 Å². The van der Waals surface area contributed by atoms with Crippen LogP contribution < -0.4 is 4.74 Å². The highest BCUT2D eigenvalue weighted by molar-refractivity contribution is 5.85. The van der Waals surface area contributed by atoms with Gasteiger partial charge >= 0.3 is 12.2 Å². The molecule has 3 amide bonds. The summed E-state index contributed by atoms with van der Waals surface area (Å²) in [5.74, 6) is 0.442. The van der Waals surface area contributed by atoms with Gasteiger partial charge in [-0.2, -0.15) is 0 Å². The summed E-state index contributed by atoms with van der Waals surface area (Å²) >= 11 is 0. The lowest BCUT2D eigenvalue weighted by molar-refractivity contribution is -0.135. The first-order valence-corrected chi connectivity index (χ1v) is 14.9. The van der Waals surface area contributed by atoms with Crippen LogP contribution in [0.3, 0.4) is 0 Å². The molecule has 3 rings (SSSR count). The van der Waals surface area contributed by atoms with Crippen LogP contribution in [0.5, 0.6) is 5.75 Å². The molecule has 1 saturated heterocycles. The van der Waals surface area contributed by atoms with Gasteiger partial charge in [-0.15, -0.1) is 0 Å². The number of piperazine rings is 1. The number of likely N-dealkylation sites (N-methyl/N-ethyl adjacent to an activating group) is 1. The summed E-state index contributed by atoms with van der Waals surface area (Å²) in [7, 11) is 1.71. The monoisotopic (exact) mass is 596 g/mol. The predicted octanol–water partition coefficient (Wildman–Crippen LogP) is 4.97. The summed E-state index contributed by atoms with van der Waals surface area (Å²) in [5, 5.41) is 10.3. The van der Waals surface area contributed by atoms with Gasteiger partial charge in [0.2, 0.25) is 5.91 Å². The van der Waals surface area contributed by atoms with Crippen LogP contribution in [-0.2, 0) is 22.5 Å². The average Bonchev–Trinajstić information content (AvgIpc) is 2.92. The Balaban J connectivity index is 1.73. The molecule has 1 unspecified atom stereocenters. The molecule has 236 valence electrons. The SMILES string of the molecule is CN(Cc1ccccc1)C(=O)C(Cc1ccc(OC(C)(C)C)cc1)N(CCN1CCN(C(=O)OC(C)(C)C)CC1)C(=O)O. The maximum absolute atomic E-state index is 13.9. The lowest BCUT2D eigenvalue weighted by atomic mass is 10.0. The van der Waals surface area contributed by atoms with E-state index in [9.17, 15) is 19.5 Å². The van der Waals surface area contributed by atoms with E-state index in [1.807, 2.05) is 96.1 Å². The van der Waals surface area contributed by atoms with Crippen LogP contribution in [0.4, 0.5) is 9.59 Å². The number of nitrogens with zero attached hydrogens (tertiary/aromatic N) is 4. The molecule has 0 radical (unpaired) electrons. The van der Waals surface area contributed by atoms with Gasteiger partial charge in [0.1, 0.15) is 23.0 Å². The molecular formula is C33H48N4O6. The van der Waals surface area contributed by atoms with Crippen LogP contribution in [0.15, 0.2) is 54.6 Å². The quantitative estimate of drug-likeness (QED) is 0.413. The Kier molecular flexibility index (Phi) is 11.4. The summed E-state index contributed by atoms with van der Waals surface area (Å²) in [6.07, 6.45) is -1.26. The summed E-state index contributed by atoms with van der Waals surface area (Å²) in [6.45, 7) is 14.6. The molecule has 0 saturated carbocycles. The highest BCUT2D eigenvalue weighted by Crippen LogP contribution is 2.21. The normalized spacial score (nSPS) is 15.0. The van der Waals surface area contributed by atoms with Gasteiger partial charge in [0.05, 0.1) is 0 Å². The first-order chi connectivity index (χ1) is 20.1. The Bertz CT molecular complexity index is 1200. The Hall–Kier alpha value is -3.79. The number of carbonyl (C=O) groups excluding carboxylic acids is 2. The third kappa shape index (κ3) is 11.1. The lowest BCUT2D eigenvalue weighted by Gasteiger charge is -2.37. The number of hydrogen-bond acceptors (Lipinski definition) is 6. The summed E-state index contributed by atoms with van der Waals surface area (Å²) in [5.41, 5.74) is 0.889. The summed E-state index contributed by atoms with van der Waals surface area (Å²) in [4.78, 5) is 45.6. The Labute approximate surface area is 256 Å². The molecule has 1 fully saturated rings. The molecule has 0 aliphatic carbocycles. The fourth-order valence-corrected chi connectivity index (χ4v) is 4.91. The Morgan fingerprint density at radius 3 is 2.00 bits per heavy atom. The largest absolute Gasteiger partial charge is 0.488 e. The number of hydrogen-bond donors (Lipinski definition) is 1. The zero-order chi connectivity index (χ0) is 31.8. The first-order valence-electron chi connectivity index (χ1n) is 14.9. The van der Waals surface area contributed by atoms with E-state index < -0.39 is 17.7 Å². The van der Waals surface area contributed by atoms with E-state index in [4.69, 9.17) is 9.47 Å². The zero-order valence-corrected chi connectivity index (χ0v) is 26.7. The molecule has 1 aliphatic rings. The van der Waals surface area contributed by atoms with E-state index in [1.54, 1.807) is 16.8 Å². The second-order valence-corrected chi connectivity index (χ2v) is 13.0. The van der Waals surface area contributed by atoms with Crippen molar-refractivity contribution in [2.45, 2.75) is 71.8 Å². The van der Waals surface area contributed by atoms with Crippen molar-refractivity contribution in [3.63, 3.8) is 0 Å². The van der Waals surface area contributed by atoms with E-state index in [0.717, 1.165) is 11.1 Å². The van der Waals surface area contributed by atoms with E-state index in [0.29, 0.717) is 45.0 Å². The molecule has 1 N–H and O–H groups in total. The van der Waals surface area contributed by atoms with Crippen molar-refractivity contribution in [3.8, 4) is 5.75 Å². The van der Waals surface area contributed by atoms with Crippen molar-refractivity contribution in [1.82, 2.24) is 19.6 Å². The van der Waals surface area contributed by atoms with Crippen molar-refractivity contribution < 1.29 is 29.0 Å². The first kappa shape index (κ1) is 33.7. The molecule has 43 heavy (non-hydrogen) atoms. The van der Waals surface area contributed by atoms with Gasteiger partial charge in [0.15, 0.2) is 0 Å². The molecule has 10 heteroatoms. The minimum absolute atomic E-state index is 0.155. The van der Waals surface area contributed by atoms with Crippen LogP contribution in [-0.4, -0.2) is 106 Å². The lowest BCUT2D eigenvalue weighted by Crippen LogP contribution is -2.55. The fourth-order valence-electron chi connectivity index (χ4n) is 4.91.